The SMILES string of the molecule is N#Cc1cccc2[nH]c(-c3ccccc3OC3(C(F)(F)F)CCN(C(=O)[C@H]4CC(=O)Nc5ccc(OCCNC(=O)C6CCC(C(=O)N7CCN(CC8CCN(c9cncc(C%10CCC(=O)NC%10=O)c9)CC8)CC7)CC6)cc54)CC3)cc12. The molecule has 4 N–H and O–H groups in total. The number of amides is 6. The summed E-state index contributed by atoms with van der Waals surface area (Å²) in [5.74, 6) is -2.01. The lowest BCUT2D eigenvalue weighted by Gasteiger charge is -2.43. The molecule has 4 saturated heterocycles. The maximum Gasteiger partial charge on any atom is 0.428 e. The van der Waals surface area contributed by atoms with Crippen molar-refractivity contribution < 1.29 is 51.4 Å². The number of ether oxygens (including phenoxy) is 2. The first kappa shape index (κ1) is 55.9. The number of nitriles is 1. The van der Waals surface area contributed by atoms with Gasteiger partial charge in [0.15, 0.2) is 0 Å². The minimum absolute atomic E-state index is 0.00235. The molecule has 2 aromatic heterocycles. The van der Waals surface area contributed by atoms with Gasteiger partial charge in [0, 0.05) is 125 Å². The predicted octanol–water partition coefficient (Wildman–Crippen LogP) is 7.41. The van der Waals surface area contributed by atoms with Gasteiger partial charge in [0.2, 0.25) is 41.0 Å². The number of fused-ring (bicyclic) bond motifs is 2. The second kappa shape index (κ2) is 23.8. The summed E-state index contributed by atoms with van der Waals surface area (Å²) in [5.41, 5.74) is 2.07. The van der Waals surface area contributed by atoms with Crippen LogP contribution in [0.4, 0.5) is 24.5 Å². The summed E-state index contributed by atoms with van der Waals surface area (Å²) >= 11 is 0. The molecule has 1 saturated carbocycles. The largest absolute Gasteiger partial charge is 0.492 e. The second-order valence-corrected chi connectivity index (χ2v) is 22.8. The summed E-state index contributed by atoms with van der Waals surface area (Å²) in [6, 6.07) is 22.4. The van der Waals surface area contributed by atoms with Gasteiger partial charge in [0.25, 0.3) is 0 Å². The fourth-order valence-electron chi connectivity index (χ4n) is 12.9. The van der Waals surface area contributed by atoms with Gasteiger partial charge >= 0.3 is 6.18 Å². The van der Waals surface area contributed by atoms with Gasteiger partial charge in [-0.3, -0.25) is 44.0 Å². The third-order valence-corrected chi connectivity index (χ3v) is 17.7. The van der Waals surface area contributed by atoms with Crippen LogP contribution in [0.15, 0.2) is 85.2 Å². The summed E-state index contributed by atoms with van der Waals surface area (Å²) in [6.07, 6.45) is 2.89. The number of pyridine rings is 1. The Labute approximate surface area is 473 Å². The highest BCUT2D eigenvalue weighted by molar-refractivity contribution is 6.02. The molecule has 1 unspecified atom stereocenters. The normalized spacial score (nSPS) is 22.6. The van der Waals surface area contributed by atoms with E-state index in [0.29, 0.717) is 102 Å². The van der Waals surface area contributed by atoms with Crippen molar-refractivity contribution in [1.29, 1.82) is 5.26 Å². The second-order valence-electron chi connectivity index (χ2n) is 22.8. The quantitative estimate of drug-likeness (QED) is 0.0631. The third-order valence-electron chi connectivity index (χ3n) is 17.7. The van der Waals surface area contributed by atoms with E-state index in [-0.39, 0.29) is 79.8 Å². The average molecular weight is 1130 g/mol. The summed E-state index contributed by atoms with van der Waals surface area (Å²) < 4.78 is 57.5. The average Bonchev–Trinajstić information content (AvgIpc) is 3.97. The van der Waals surface area contributed by atoms with Crippen LogP contribution in [-0.2, 0) is 28.8 Å². The van der Waals surface area contributed by atoms with Crippen LogP contribution in [0.2, 0.25) is 0 Å². The Morgan fingerprint density at radius 2 is 1.52 bits per heavy atom. The molecule has 6 aliphatic rings. The zero-order valence-electron chi connectivity index (χ0n) is 45.6. The number of piperidine rings is 3. The van der Waals surface area contributed by atoms with E-state index >= 15 is 13.2 Å². The summed E-state index contributed by atoms with van der Waals surface area (Å²) in [5, 5.41) is 18.5. The molecule has 430 valence electrons. The molecule has 6 amide bonds. The predicted molar refractivity (Wildman–Crippen MR) is 297 cm³/mol. The Bertz CT molecular complexity index is 3270. The number of alkyl halides is 3. The van der Waals surface area contributed by atoms with Crippen LogP contribution in [0.5, 0.6) is 11.5 Å². The maximum absolute atomic E-state index is 15.2. The number of imide groups is 1. The standard InChI is InChI=1S/C61H67F3N10O8/c62-61(63,64)60(82-53-7-2-1-5-46(53)52-32-47-41(34-65)4-3-6-50(47)68-52)18-23-73(24-19-60)59(80)49-33-55(76)69-51-14-12-44(31-48(49)51)81-29-20-67-56(77)39-8-10-40(11-9-39)58(79)74-27-25-71(26-28-74)37-38-16-21-72(22-17-38)43-30-42(35-66-36-43)45-13-15-54(75)70-57(45)78/h1-7,12,14,30-32,35-36,38-40,45,49,68H,8-11,13,15-29,33,37H2,(H,67,77)(H,69,76)(H,70,75,78)/t39?,40?,45?,49-/m0/s1. The molecule has 0 radical (unpaired) electrons. The minimum atomic E-state index is -4.80. The van der Waals surface area contributed by atoms with Crippen LogP contribution >= 0.6 is 0 Å². The number of carbonyl (C=O) groups is 6. The molecule has 11 rings (SSSR count). The van der Waals surface area contributed by atoms with Crippen molar-refractivity contribution in [1.82, 2.24) is 35.3 Å². The number of hydrogen-bond acceptors (Lipinski definition) is 12. The van der Waals surface area contributed by atoms with Gasteiger partial charge < -0.3 is 39.8 Å². The number of likely N-dealkylation sites (tertiary alicyclic amines) is 1. The zero-order chi connectivity index (χ0) is 57.1. The van der Waals surface area contributed by atoms with Crippen LogP contribution in [0.1, 0.15) is 99.2 Å². The number of nitrogens with zero attached hydrogens (tertiary/aromatic N) is 6. The van der Waals surface area contributed by atoms with Gasteiger partial charge in [-0.1, -0.05) is 18.2 Å². The molecule has 5 aromatic rings. The van der Waals surface area contributed by atoms with Crippen LogP contribution in [0, 0.1) is 29.1 Å². The Morgan fingerprint density at radius 1 is 0.780 bits per heavy atom. The Kier molecular flexibility index (Phi) is 16.3. The van der Waals surface area contributed by atoms with Gasteiger partial charge in [0.1, 0.15) is 18.1 Å². The van der Waals surface area contributed by atoms with E-state index in [1.54, 1.807) is 66.9 Å². The lowest BCUT2D eigenvalue weighted by Crippen LogP contribution is -2.58. The van der Waals surface area contributed by atoms with E-state index in [1.165, 1.54) is 11.0 Å². The van der Waals surface area contributed by atoms with E-state index in [0.717, 1.165) is 56.8 Å². The molecule has 3 aromatic carbocycles. The van der Waals surface area contributed by atoms with Crippen molar-refractivity contribution in [3.63, 3.8) is 0 Å². The number of rotatable bonds is 14. The van der Waals surface area contributed by atoms with E-state index in [2.05, 4.69) is 41.8 Å². The van der Waals surface area contributed by atoms with Crippen LogP contribution in [0.3, 0.4) is 0 Å². The first-order valence-corrected chi connectivity index (χ1v) is 28.7. The molecule has 18 nitrogen and oxygen atoms in total. The molecule has 0 bridgehead atoms. The van der Waals surface area contributed by atoms with Crippen LogP contribution in [0.25, 0.3) is 22.2 Å². The highest BCUT2D eigenvalue weighted by Crippen LogP contribution is 2.46. The summed E-state index contributed by atoms with van der Waals surface area (Å²) in [6.45, 7) is 5.59. The van der Waals surface area contributed by atoms with Gasteiger partial charge in [-0.15, -0.1) is 0 Å². The number of halogens is 3. The number of piperazine rings is 1. The number of aromatic amines is 1. The number of aromatic nitrogens is 2. The van der Waals surface area contributed by atoms with Crippen molar-refractivity contribution in [3.8, 4) is 28.8 Å². The number of hydrogen-bond donors (Lipinski definition) is 4. The first-order valence-electron chi connectivity index (χ1n) is 28.7. The van der Waals surface area contributed by atoms with E-state index in [1.807, 2.05) is 17.2 Å². The van der Waals surface area contributed by atoms with Crippen molar-refractivity contribution in [3.05, 3.63) is 102 Å². The van der Waals surface area contributed by atoms with E-state index in [4.69, 9.17) is 9.47 Å². The Hall–Kier alpha value is -7.99. The lowest BCUT2D eigenvalue weighted by molar-refractivity contribution is -0.260. The van der Waals surface area contributed by atoms with E-state index < -0.39 is 42.4 Å². The zero-order valence-corrected chi connectivity index (χ0v) is 45.6. The molecule has 5 aliphatic heterocycles. The molecule has 0 spiro atoms. The number of carbonyl (C=O) groups excluding carboxylic acids is 6. The highest BCUT2D eigenvalue weighted by atomic mass is 19.4. The van der Waals surface area contributed by atoms with Crippen molar-refractivity contribution in [2.24, 2.45) is 17.8 Å². The molecule has 21 heteroatoms. The molecular formula is C61H67F3N10O8. The first-order chi connectivity index (χ1) is 39.6. The molecule has 5 fully saturated rings. The van der Waals surface area contributed by atoms with Gasteiger partial charge in [-0.05, 0) is 117 Å². The van der Waals surface area contributed by atoms with Crippen molar-refractivity contribution in [2.45, 2.75) is 94.2 Å². The smallest absolute Gasteiger partial charge is 0.428 e. The van der Waals surface area contributed by atoms with Crippen LogP contribution < -0.4 is 30.3 Å². The van der Waals surface area contributed by atoms with Crippen molar-refractivity contribution in [2.75, 3.05) is 82.3 Å². The minimum Gasteiger partial charge on any atom is -0.492 e. The molecule has 82 heavy (non-hydrogen) atoms. The number of nitrogens with one attached hydrogen (secondary N) is 4. The fraction of sp³-hybridized carbons (Fsp3) is 0.475. The number of anilines is 2. The topological polar surface area (TPSA) is 222 Å². The van der Waals surface area contributed by atoms with Gasteiger partial charge in [-0.2, -0.15) is 18.4 Å². The molecule has 7 heterocycles. The number of H-pyrrole nitrogens is 1. The van der Waals surface area contributed by atoms with Crippen LogP contribution in [-0.4, -0.2) is 144 Å². The van der Waals surface area contributed by atoms with Gasteiger partial charge in [0.05, 0.1) is 47.6 Å². The molecule has 1 aliphatic carbocycles. The summed E-state index contributed by atoms with van der Waals surface area (Å²) in [4.78, 5) is 94.0. The number of para-hydroxylation sites is 1. The fourth-order valence-corrected chi connectivity index (χ4v) is 12.9. The number of benzene rings is 3. The highest BCUT2D eigenvalue weighted by Gasteiger charge is 2.59. The maximum atomic E-state index is 15.2. The molecular weight excluding hydrogens is 1060 g/mol. The Morgan fingerprint density at radius 3 is 2.27 bits per heavy atom. The summed E-state index contributed by atoms with van der Waals surface area (Å²) in [7, 11) is 0. The monoisotopic (exact) mass is 1120 g/mol. The third kappa shape index (κ3) is 12.0. The van der Waals surface area contributed by atoms with E-state index in [9.17, 15) is 34.0 Å². The van der Waals surface area contributed by atoms with Crippen molar-refractivity contribution >= 4 is 57.7 Å². The lowest BCUT2D eigenvalue weighted by atomic mass is 9.81. The molecule has 2 atom stereocenters. The Balaban J connectivity index is 0.607. The van der Waals surface area contributed by atoms with Gasteiger partial charge in [-0.25, -0.2) is 0 Å².